The van der Waals surface area contributed by atoms with Gasteiger partial charge in [0.2, 0.25) is 0 Å². The van der Waals surface area contributed by atoms with Crippen LogP contribution in [0.15, 0.2) is 39.4 Å². The molecule has 4 rings (SSSR count). The highest BCUT2D eigenvalue weighted by molar-refractivity contribution is 7.18. The van der Waals surface area contributed by atoms with E-state index in [2.05, 4.69) is 15.3 Å². The molecule has 1 amide bonds. The molecule has 0 aliphatic rings. The molecular weight excluding hydrogens is 432 g/mol. The van der Waals surface area contributed by atoms with Crippen LogP contribution in [-0.2, 0) is 20.9 Å². The lowest BCUT2D eigenvalue weighted by Gasteiger charge is -2.07. The van der Waals surface area contributed by atoms with E-state index in [0.717, 1.165) is 16.1 Å². The summed E-state index contributed by atoms with van der Waals surface area (Å²) >= 11 is 4.19. The van der Waals surface area contributed by atoms with Crippen molar-refractivity contribution in [2.75, 3.05) is 11.9 Å². The second kappa shape index (κ2) is 8.23. The van der Waals surface area contributed by atoms with Gasteiger partial charge in [-0.15, -0.1) is 34.0 Å². The number of amides is 1. The molecule has 4 heterocycles. The van der Waals surface area contributed by atoms with Crippen LogP contribution in [0.2, 0.25) is 0 Å². The van der Waals surface area contributed by atoms with Gasteiger partial charge < -0.3 is 4.74 Å². The summed E-state index contributed by atoms with van der Waals surface area (Å²) in [6, 6.07) is 3.84. The number of hydrogen-bond acceptors (Lipinski definition) is 9. The van der Waals surface area contributed by atoms with Gasteiger partial charge in [-0.3, -0.25) is 24.3 Å². The summed E-state index contributed by atoms with van der Waals surface area (Å²) in [4.78, 5) is 46.8. The Bertz CT molecular complexity index is 1240. The summed E-state index contributed by atoms with van der Waals surface area (Å²) in [5.41, 5.74) is 1.28. The van der Waals surface area contributed by atoms with Crippen LogP contribution in [0.1, 0.15) is 5.69 Å². The number of anilines is 1. The molecular formula is C18H14N4O4S3. The van der Waals surface area contributed by atoms with Gasteiger partial charge in [-0.2, -0.15) is 0 Å². The molecule has 0 saturated carbocycles. The van der Waals surface area contributed by atoms with E-state index in [-0.39, 0.29) is 12.1 Å². The van der Waals surface area contributed by atoms with Crippen LogP contribution >= 0.6 is 34.0 Å². The normalized spacial score (nSPS) is 10.9. The summed E-state index contributed by atoms with van der Waals surface area (Å²) < 4.78 is 6.17. The molecule has 8 nitrogen and oxygen atoms in total. The molecule has 4 aromatic heterocycles. The van der Waals surface area contributed by atoms with Crippen molar-refractivity contribution in [3.63, 3.8) is 0 Å². The van der Waals surface area contributed by atoms with Crippen molar-refractivity contribution in [1.82, 2.24) is 14.5 Å². The van der Waals surface area contributed by atoms with E-state index in [1.807, 2.05) is 29.8 Å². The summed E-state index contributed by atoms with van der Waals surface area (Å²) in [7, 11) is 0. The highest BCUT2D eigenvalue weighted by atomic mass is 32.1. The third kappa shape index (κ3) is 4.26. The molecule has 0 aliphatic heterocycles. The number of rotatable bonds is 6. The fourth-order valence-corrected chi connectivity index (χ4v) is 5.02. The van der Waals surface area contributed by atoms with Crippen molar-refractivity contribution < 1.29 is 14.3 Å². The monoisotopic (exact) mass is 446 g/mol. The first kappa shape index (κ1) is 19.4. The van der Waals surface area contributed by atoms with Gasteiger partial charge in [0.15, 0.2) is 11.7 Å². The molecule has 0 unspecified atom stereocenters. The molecule has 0 aliphatic carbocycles. The number of esters is 1. The van der Waals surface area contributed by atoms with Gasteiger partial charge in [-0.25, -0.2) is 9.97 Å². The molecule has 0 saturated heterocycles. The van der Waals surface area contributed by atoms with Crippen LogP contribution in [0.4, 0.5) is 5.13 Å². The second-order valence-electron chi connectivity index (χ2n) is 5.99. The molecule has 0 aromatic carbocycles. The summed E-state index contributed by atoms with van der Waals surface area (Å²) in [6.45, 7) is 1.03. The Balaban J connectivity index is 1.44. The zero-order valence-corrected chi connectivity index (χ0v) is 17.5. The average Bonchev–Trinajstić information content (AvgIpc) is 3.43. The van der Waals surface area contributed by atoms with Gasteiger partial charge in [0.1, 0.15) is 11.4 Å². The number of nitrogens with one attached hydrogen (secondary N) is 1. The lowest BCUT2D eigenvalue weighted by Crippen LogP contribution is -2.28. The second-order valence-corrected chi connectivity index (χ2v) is 8.65. The van der Waals surface area contributed by atoms with Gasteiger partial charge >= 0.3 is 5.97 Å². The first-order chi connectivity index (χ1) is 14.0. The molecule has 0 spiro atoms. The van der Waals surface area contributed by atoms with E-state index in [1.54, 1.807) is 5.38 Å². The number of carbonyl (C=O) groups is 2. The third-order valence-corrected chi connectivity index (χ3v) is 6.54. The molecule has 0 fully saturated rings. The van der Waals surface area contributed by atoms with Crippen molar-refractivity contribution in [3.8, 4) is 10.4 Å². The first-order valence-corrected chi connectivity index (χ1v) is 11.0. The van der Waals surface area contributed by atoms with Gasteiger partial charge in [-0.1, -0.05) is 6.07 Å². The number of nitrogens with zero attached hydrogens (tertiary/aromatic N) is 3. The molecule has 148 valence electrons. The smallest absolute Gasteiger partial charge is 0.326 e. The van der Waals surface area contributed by atoms with Crippen molar-refractivity contribution in [3.05, 3.63) is 50.6 Å². The van der Waals surface area contributed by atoms with Crippen LogP contribution in [-0.4, -0.2) is 33.0 Å². The van der Waals surface area contributed by atoms with E-state index in [9.17, 15) is 14.4 Å². The van der Waals surface area contributed by atoms with E-state index >= 15 is 0 Å². The number of carbonyl (C=O) groups excluding carboxylic acids is 2. The van der Waals surface area contributed by atoms with Crippen LogP contribution in [0.3, 0.4) is 0 Å². The van der Waals surface area contributed by atoms with Crippen molar-refractivity contribution in [1.29, 1.82) is 0 Å². The Morgan fingerprint density at radius 3 is 2.83 bits per heavy atom. The highest BCUT2D eigenvalue weighted by Gasteiger charge is 2.16. The van der Waals surface area contributed by atoms with Crippen molar-refractivity contribution >= 4 is 61.2 Å². The largest absolute Gasteiger partial charge is 0.454 e. The molecule has 0 atom stereocenters. The van der Waals surface area contributed by atoms with Crippen LogP contribution in [0, 0.1) is 6.92 Å². The molecule has 4 aromatic rings. The number of ether oxygens (including phenoxy) is 1. The van der Waals surface area contributed by atoms with Crippen molar-refractivity contribution in [2.45, 2.75) is 13.5 Å². The number of thiazole rings is 1. The average molecular weight is 447 g/mol. The SMILES string of the molecule is Cc1csc(NC(=O)COC(=O)Cn2cnc3scc(-c4cccs4)c3c2=O)n1. The molecule has 1 N–H and O–H groups in total. The molecule has 0 bridgehead atoms. The Morgan fingerprint density at radius 2 is 2.10 bits per heavy atom. The molecule has 11 heteroatoms. The number of fused-ring (bicyclic) bond motifs is 1. The minimum absolute atomic E-state index is 0.320. The Labute approximate surface area is 176 Å². The number of hydrogen-bond donors (Lipinski definition) is 1. The Kier molecular flexibility index (Phi) is 5.51. The highest BCUT2D eigenvalue weighted by Crippen LogP contribution is 2.33. The molecule has 0 radical (unpaired) electrons. The standard InChI is InChI=1S/C18H14N4O4S3/c1-10-7-29-18(20-10)21-13(23)6-26-14(24)5-22-9-19-16-15(17(22)25)11(8-28-16)12-3-2-4-27-12/h2-4,7-9H,5-6H2,1H3,(H,20,21,23). The number of aryl methyl sites for hydroxylation is 1. The summed E-state index contributed by atoms with van der Waals surface area (Å²) in [5.74, 6) is -1.20. The third-order valence-electron chi connectivity index (χ3n) is 3.88. The van der Waals surface area contributed by atoms with Gasteiger partial charge in [0, 0.05) is 21.2 Å². The zero-order chi connectivity index (χ0) is 20.4. The van der Waals surface area contributed by atoms with Gasteiger partial charge in [0.05, 0.1) is 17.4 Å². The first-order valence-electron chi connectivity index (χ1n) is 8.39. The summed E-state index contributed by atoms with van der Waals surface area (Å²) in [6.07, 6.45) is 1.32. The van der Waals surface area contributed by atoms with E-state index in [4.69, 9.17) is 4.74 Å². The predicted molar refractivity (Wildman–Crippen MR) is 114 cm³/mol. The fourth-order valence-electron chi connectivity index (χ4n) is 2.59. The quantitative estimate of drug-likeness (QED) is 0.457. The van der Waals surface area contributed by atoms with Crippen LogP contribution in [0.5, 0.6) is 0 Å². The number of aromatic nitrogens is 3. The molecule has 29 heavy (non-hydrogen) atoms. The van der Waals surface area contributed by atoms with E-state index in [0.29, 0.717) is 15.3 Å². The topological polar surface area (TPSA) is 103 Å². The van der Waals surface area contributed by atoms with Gasteiger partial charge in [0.25, 0.3) is 11.5 Å². The zero-order valence-electron chi connectivity index (χ0n) is 15.1. The minimum Gasteiger partial charge on any atom is -0.454 e. The maximum atomic E-state index is 12.9. The van der Waals surface area contributed by atoms with Crippen LogP contribution in [0.25, 0.3) is 20.7 Å². The van der Waals surface area contributed by atoms with E-state index < -0.39 is 18.5 Å². The lowest BCUT2D eigenvalue weighted by molar-refractivity contribution is -0.147. The Morgan fingerprint density at radius 1 is 1.24 bits per heavy atom. The Hall–Kier alpha value is -2.89. The number of thiophene rings is 2. The van der Waals surface area contributed by atoms with Crippen molar-refractivity contribution in [2.24, 2.45) is 0 Å². The predicted octanol–water partition coefficient (Wildman–Crippen LogP) is 3.13. The lowest BCUT2D eigenvalue weighted by atomic mass is 10.2. The van der Waals surface area contributed by atoms with Crippen LogP contribution < -0.4 is 10.9 Å². The van der Waals surface area contributed by atoms with E-state index in [1.165, 1.54) is 44.9 Å². The van der Waals surface area contributed by atoms with Gasteiger partial charge in [-0.05, 0) is 18.4 Å². The fraction of sp³-hybridized carbons (Fsp3) is 0.167. The maximum absolute atomic E-state index is 12.9. The maximum Gasteiger partial charge on any atom is 0.326 e. The summed E-state index contributed by atoms with van der Waals surface area (Å²) in [5, 5.41) is 9.08. The minimum atomic E-state index is -0.702.